The molecule has 0 N–H and O–H groups in total. The van der Waals surface area contributed by atoms with E-state index in [0.29, 0.717) is 22.5 Å². The van der Waals surface area contributed by atoms with Gasteiger partial charge in [0.25, 0.3) is 0 Å². The average molecular weight is 454 g/mol. The van der Waals surface area contributed by atoms with Crippen LogP contribution in [0, 0.1) is 13.8 Å². The van der Waals surface area contributed by atoms with Gasteiger partial charge in [0.05, 0.1) is 22.5 Å². The summed E-state index contributed by atoms with van der Waals surface area (Å²) in [5.74, 6) is 0.351. The number of hydrogen-bond donors (Lipinski definition) is 0. The molecule has 0 aliphatic carbocycles. The Kier molecular flexibility index (Phi) is 6.37. The van der Waals surface area contributed by atoms with Crippen molar-refractivity contribution in [2.75, 3.05) is 10.7 Å². The first kappa shape index (κ1) is 20.8. The number of carbonyl (C=O) groups is 1. The molecule has 30 heavy (non-hydrogen) atoms. The molecule has 0 saturated carbocycles. The van der Waals surface area contributed by atoms with Crippen molar-refractivity contribution in [1.29, 1.82) is 0 Å². The summed E-state index contributed by atoms with van der Waals surface area (Å²) < 4.78 is 0.980. The van der Waals surface area contributed by atoms with E-state index in [4.69, 9.17) is 16.6 Å². The number of fused-ring (bicyclic) bond motifs is 1. The lowest BCUT2D eigenvalue weighted by atomic mass is 10.2. The Labute approximate surface area is 188 Å². The molecule has 7 heteroatoms. The van der Waals surface area contributed by atoms with Crippen LogP contribution in [0.2, 0.25) is 5.02 Å². The van der Waals surface area contributed by atoms with Crippen LogP contribution in [-0.4, -0.2) is 21.6 Å². The van der Waals surface area contributed by atoms with Crippen molar-refractivity contribution >= 4 is 56.0 Å². The standard InChI is InChI=1S/C23H20ClN3OS2/c1-15-3-5-19(6-4-15)29-14-21(28)27(13-17-7-9-25-10-8-17)23-26-22-16(2)11-18(24)12-20(22)30-23/h3-12H,13-14H2,1-2H3. The van der Waals surface area contributed by atoms with Gasteiger partial charge in [0, 0.05) is 22.3 Å². The van der Waals surface area contributed by atoms with Crippen LogP contribution >= 0.6 is 34.7 Å². The van der Waals surface area contributed by atoms with E-state index in [1.165, 1.54) is 28.7 Å². The molecule has 0 aliphatic heterocycles. The summed E-state index contributed by atoms with van der Waals surface area (Å²) in [6.07, 6.45) is 3.47. The molecule has 0 bridgehead atoms. The summed E-state index contributed by atoms with van der Waals surface area (Å²) in [6.45, 7) is 4.49. The number of nitrogens with zero attached hydrogens (tertiary/aromatic N) is 3. The molecule has 0 saturated heterocycles. The first-order valence-corrected chi connectivity index (χ1v) is 11.6. The zero-order valence-electron chi connectivity index (χ0n) is 16.6. The quantitative estimate of drug-likeness (QED) is 0.322. The topological polar surface area (TPSA) is 46.1 Å². The van der Waals surface area contributed by atoms with E-state index in [1.807, 2.05) is 43.3 Å². The Balaban J connectivity index is 1.63. The first-order valence-electron chi connectivity index (χ1n) is 9.45. The summed E-state index contributed by atoms with van der Waals surface area (Å²) in [4.78, 5) is 24.9. The number of aryl methyl sites for hydroxylation is 2. The number of thioether (sulfide) groups is 1. The highest BCUT2D eigenvalue weighted by Gasteiger charge is 2.21. The number of amides is 1. The third kappa shape index (κ3) is 4.83. The van der Waals surface area contributed by atoms with Crippen molar-refractivity contribution in [1.82, 2.24) is 9.97 Å². The lowest BCUT2D eigenvalue weighted by Crippen LogP contribution is -2.31. The molecule has 2 heterocycles. The van der Waals surface area contributed by atoms with Crippen LogP contribution in [0.1, 0.15) is 16.7 Å². The predicted octanol–water partition coefficient (Wildman–Crippen LogP) is 6.29. The Hall–Kier alpha value is -2.41. The normalized spacial score (nSPS) is 11.0. The maximum absolute atomic E-state index is 13.2. The minimum Gasteiger partial charge on any atom is -0.283 e. The van der Waals surface area contributed by atoms with Gasteiger partial charge in [-0.15, -0.1) is 11.8 Å². The maximum Gasteiger partial charge on any atom is 0.239 e. The third-order valence-electron chi connectivity index (χ3n) is 4.64. The van der Waals surface area contributed by atoms with Gasteiger partial charge in [-0.3, -0.25) is 14.7 Å². The molecule has 1 amide bonds. The first-order chi connectivity index (χ1) is 14.5. The second-order valence-electron chi connectivity index (χ2n) is 7.00. The van der Waals surface area contributed by atoms with E-state index in [-0.39, 0.29) is 5.91 Å². The van der Waals surface area contributed by atoms with E-state index in [1.54, 1.807) is 17.3 Å². The van der Waals surface area contributed by atoms with Gasteiger partial charge in [-0.2, -0.15) is 0 Å². The van der Waals surface area contributed by atoms with Crippen molar-refractivity contribution in [3.05, 3.63) is 82.6 Å². The second-order valence-corrected chi connectivity index (χ2v) is 9.50. The van der Waals surface area contributed by atoms with Gasteiger partial charge < -0.3 is 0 Å². The molecular weight excluding hydrogens is 434 g/mol. The smallest absolute Gasteiger partial charge is 0.239 e. The fourth-order valence-electron chi connectivity index (χ4n) is 3.05. The van der Waals surface area contributed by atoms with Crippen LogP contribution in [0.5, 0.6) is 0 Å². The van der Waals surface area contributed by atoms with Gasteiger partial charge >= 0.3 is 0 Å². The summed E-state index contributed by atoms with van der Waals surface area (Å²) in [5.41, 5.74) is 4.10. The van der Waals surface area contributed by atoms with E-state index >= 15 is 0 Å². The molecular formula is C23H20ClN3OS2. The number of rotatable bonds is 6. The predicted molar refractivity (Wildman–Crippen MR) is 127 cm³/mol. The largest absolute Gasteiger partial charge is 0.283 e. The number of carbonyl (C=O) groups excluding carboxylic acids is 1. The van der Waals surface area contributed by atoms with Gasteiger partial charge in [-0.1, -0.05) is 40.6 Å². The van der Waals surface area contributed by atoms with Crippen molar-refractivity contribution in [2.24, 2.45) is 0 Å². The molecule has 0 fully saturated rings. The fraction of sp³-hybridized carbons (Fsp3) is 0.174. The second kappa shape index (κ2) is 9.16. The van der Waals surface area contributed by atoms with Crippen LogP contribution in [0.25, 0.3) is 10.2 Å². The third-order valence-corrected chi connectivity index (χ3v) is 6.88. The van der Waals surface area contributed by atoms with Crippen molar-refractivity contribution < 1.29 is 4.79 Å². The fourth-order valence-corrected chi connectivity index (χ4v) is 5.26. The van der Waals surface area contributed by atoms with E-state index in [2.05, 4.69) is 24.0 Å². The summed E-state index contributed by atoms with van der Waals surface area (Å²) in [7, 11) is 0. The van der Waals surface area contributed by atoms with Crippen LogP contribution in [-0.2, 0) is 11.3 Å². The monoisotopic (exact) mass is 453 g/mol. The average Bonchev–Trinajstić information content (AvgIpc) is 3.16. The summed E-state index contributed by atoms with van der Waals surface area (Å²) in [5, 5.41) is 1.36. The molecule has 4 nitrogen and oxygen atoms in total. The molecule has 2 aromatic carbocycles. The Bertz CT molecular complexity index is 1180. The van der Waals surface area contributed by atoms with Gasteiger partial charge in [0.2, 0.25) is 5.91 Å². The van der Waals surface area contributed by atoms with Crippen molar-refractivity contribution in [3.8, 4) is 0 Å². The number of anilines is 1. The Morgan fingerprint density at radius 2 is 1.83 bits per heavy atom. The van der Waals surface area contributed by atoms with Crippen LogP contribution in [0.3, 0.4) is 0 Å². The lowest BCUT2D eigenvalue weighted by molar-refractivity contribution is -0.116. The molecule has 2 aromatic heterocycles. The SMILES string of the molecule is Cc1ccc(SCC(=O)N(Cc2ccncc2)c2nc3c(C)cc(Cl)cc3s2)cc1. The number of benzene rings is 2. The van der Waals surface area contributed by atoms with Crippen LogP contribution in [0.15, 0.2) is 65.8 Å². The molecule has 152 valence electrons. The molecule has 4 rings (SSSR count). The maximum atomic E-state index is 13.2. The number of pyridine rings is 1. The summed E-state index contributed by atoms with van der Waals surface area (Å²) >= 11 is 9.25. The van der Waals surface area contributed by atoms with Gasteiger partial charge in [-0.05, 0) is 61.4 Å². The minimum atomic E-state index is 0.0141. The number of halogens is 1. The van der Waals surface area contributed by atoms with Gasteiger partial charge in [-0.25, -0.2) is 4.98 Å². The zero-order valence-corrected chi connectivity index (χ0v) is 19.0. The highest BCUT2D eigenvalue weighted by Crippen LogP contribution is 2.34. The molecule has 0 atom stereocenters. The molecule has 0 radical (unpaired) electrons. The molecule has 0 unspecified atom stereocenters. The number of hydrogen-bond acceptors (Lipinski definition) is 5. The highest BCUT2D eigenvalue weighted by molar-refractivity contribution is 8.00. The Morgan fingerprint density at radius 1 is 1.10 bits per heavy atom. The van der Waals surface area contributed by atoms with Crippen LogP contribution < -0.4 is 4.90 Å². The molecule has 0 spiro atoms. The number of aromatic nitrogens is 2. The molecule has 0 aliphatic rings. The zero-order chi connectivity index (χ0) is 21.1. The van der Waals surface area contributed by atoms with Crippen molar-refractivity contribution in [2.45, 2.75) is 25.3 Å². The van der Waals surface area contributed by atoms with E-state index < -0.39 is 0 Å². The van der Waals surface area contributed by atoms with Gasteiger partial charge in [0.15, 0.2) is 5.13 Å². The molecule has 4 aromatic rings. The Morgan fingerprint density at radius 3 is 2.57 bits per heavy atom. The van der Waals surface area contributed by atoms with Crippen LogP contribution in [0.4, 0.5) is 5.13 Å². The highest BCUT2D eigenvalue weighted by atomic mass is 35.5. The lowest BCUT2D eigenvalue weighted by Gasteiger charge is -2.20. The van der Waals surface area contributed by atoms with E-state index in [9.17, 15) is 4.79 Å². The summed E-state index contributed by atoms with van der Waals surface area (Å²) in [6, 6.07) is 15.8. The van der Waals surface area contributed by atoms with Gasteiger partial charge in [0.1, 0.15) is 0 Å². The van der Waals surface area contributed by atoms with Crippen molar-refractivity contribution in [3.63, 3.8) is 0 Å². The minimum absolute atomic E-state index is 0.0141. The van der Waals surface area contributed by atoms with E-state index in [0.717, 1.165) is 26.2 Å². The number of thiazole rings is 1.